The maximum atomic E-state index is 12.8. The summed E-state index contributed by atoms with van der Waals surface area (Å²) in [5, 5.41) is 18.2. The number of carboxylic acid groups (broad SMARTS) is 1. The van der Waals surface area contributed by atoms with Crippen LogP contribution in [0.3, 0.4) is 0 Å². The summed E-state index contributed by atoms with van der Waals surface area (Å²) < 4.78 is 9.21. The monoisotopic (exact) mass is 713 g/mol. The first kappa shape index (κ1) is 34.6. The van der Waals surface area contributed by atoms with E-state index in [-0.39, 0.29) is 5.91 Å². The second-order valence-corrected chi connectivity index (χ2v) is 16.1. The van der Waals surface area contributed by atoms with Crippen molar-refractivity contribution < 1.29 is 19.4 Å². The molecule has 0 saturated carbocycles. The molecule has 2 saturated heterocycles. The van der Waals surface area contributed by atoms with Gasteiger partial charge in [-0.15, -0.1) is 11.3 Å². The number of benzene rings is 3. The van der Waals surface area contributed by atoms with Gasteiger partial charge in [0, 0.05) is 65.6 Å². The molecule has 1 atom stereocenters. The number of fused-ring (bicyclic) bond motifs is 2. The minimum Gasteiger partial charge on any atom is -0.479 e. The number of aryl methyl sites for hydroxylation is 2. The van der Waals surface area contributed by atoms with Crippen LogP contribution in [-0.4, -0.2) is 79.4 Å². The Morgan fingerprint density at radius 3 is 2.36 bits per heavy atom. The van der Waals surface area contributed by atoms with Gasteiger partial charge in [0.1, 0.15) is 5.01 Å². The van der Waals surface area contributed by atoms with E-state index in [2.05, 4.69) is 34.7 Å². The zero-order valence-electron chi connectivity index (χ0n) is 29.5. The number of likely N-dealkylation sites (tertiary alicyclic amines) is 2. The number of nitrogens with zero attached hydrogens (tertiary/aromatic N) is 5. The van der Waals surface area contributed by atoms with Crippen LogP contribution < -0.4 is 0 Å². The second kappa shape index (κ2) is 13.4. The largest absolute Gasteiger partial charge is 0.479 e. The first-order valence-corrected chi connectivity index (χ1v) is 18.6. The number of carbonyl (C=O) groups is 2. The highest BCUT2D eigenvalue weighted by atomic mass is 35.5. The Morgan fingerprint density at radius 2 is 1.74 bits per heavy atom. The van der Waals surface area contributed by atoms with Crippen molar-refractivity contribution in [2.75, 3.05) is 26.2 Å². The van der Waals surface area contributed by atoms with Crippen molar-refractivity contribution >= 4 is 55.9 Å². The van der Waals surface area contributed by atoms with Crippen molar-refractivity contribution in [2.45, 2.75) is 84.6 Å². The lowest BCUT2D eigenvalue weighted by molar-refractivity contribution is -0.160. The quantitative estimate of drug-likeness (QED) is 0.173. The first-order valence-electron chi connectivity index (χ1n) is 17.4. The minimum atomic E-state index is -1.17. The third kappa shape index (κ3) is 6.54. The van der Waals surface area contributed by atoms with Crippen LogP contribution in [-0.2, 0) is 20.9 Å². The Balaban J connectivity index is 1.28. The molecule has 0 aliphatic carbocycles. The number of hydrogen-bond donors (Lipinski definition) is 1. The van der Waals surface area contributed by atoms with Crippen LogP contribution >= 0.6 is 22.9 Å². The molecular formula is C39H44ClN5O4S. The number of hydrogen-bond acceptors (Lipinski definition) is 7. The number of halogens is 1. The Kier molecular flexibility index (Phi) is 9.26. The predicted octanol–water partition coefficient (Wildman–Crippen LogP) is 8.31. The first-order chi connectivity index (χ1) is 23.8. The smallest absolute Gasteiger partial charge is 0.337 e. The molecular weight excluding hydrogens is 670 g/mol. The van der Waals surface area contributed by atoms with Gasteiger partial charge in [0.2, 0.25) is 5.91 Å². The van der Waals surface area contributed by atoms with Crippen LogP contribution in [0.1, 0.15) is 76.3 Å². The molecule has 2 aromatic heterocycles. The standard InChI is InChI=1S/C39H44ClN5O4S/c1-7-45-31-13-10-26(19-29(31)34(42-45)25-14-16-43(17-15-25)28-20-44(21-28)23(3)46)37-41-30-18-22(2)32(35(38(47)48)49-39(4,5)6)33(36(30)50-37)24-8-11-27(40)12-9-24/h8-13,18-19,25,28,35H,7,14-17,20-21H2,1-6H3,(H,47,48). The summed E-state index contributed by atoms with van der Waals surface area (Å²) in [5.41, 5.74) is 6.51. The van der Waals surface area contributed by atoms with E-state index in [0.29, 0.717) is 22.5 Å². The number of rotatable bonds is 8. The van der Waals surface area contributed by atoms with Crippen LogP contribution in [0.5, 0.6) is 0 Å². The van der Waals surface area contributed by atoms with Crippen molar-refractivity contribution in [2.24, 2.45) is 0 Å². The van der Waals surface area contributed by atoms with Crippen molar-refractivity contribution in [3.05, 3.63) is 70.4 Å². The van der Waals surface area contributed by atoms with Gasteiger partial charge in [0.05, 0.1) is 27.0 Å². The molecule has 4 heterocycles. The fourth-order valence-electron chi connectivity index (χ4n) is 7.52. The summed E-state index contributed by atoms with van der Waals surface area (Å²) >= 11 is 7.87. The van der Waals surface area contributed by atoms with Gasteiger partial charge in [0.15, 0.2) is 6.10 Å². The maximum absolute atomic E-state index is 12.8. The molecule has 2 aliphatic heterocycles. The van der Waals surface area contributed by atoms with Gasteiger partial charge in [-0.3, -0.25) is 14.4 Å². The predicted molar refractivity (Wildman–Crippen MR) is 200 cm³/mol. The number of piperidine rings is 1. The molecule has 1 unspecified atom stereocenters. The van der Waals surface area contributed by atoms with Crippen LogP contribution in [0, 0.1) is 6.92 Å². The van der Waals surface area contributed by atoms with E-state index in [1.807, 2.05) is 62.9 Å². The number of aliphatic carboxylic acids is 1. The molecule has 11 heteroatoms. The lowest BCUT2D eigenvalue weighted by atomic mass is 9.90. The third-order valence-corrected chi connectivity index (χ3v) is 11.5. The van der Waals surface area contributed by atoms with Crippen LogP contribution in [0.15, 0.2) is 48.5 Å². The van der Waals surface area contributed by atoms with Gasteiger partial charge in [-0.25, -0.2) is 9.78 Å². The number of ether oxygens (including phenoxy) is 1. The van der Waals surface area contributed by atoms with E-state index in [1.54, 1.807) is 18.3 Å². The van der Waals surface area contributed by atoms with E-state index in [0.717, 1.165) is 99.6 Å². The van der Waals surface area contributed by atoms with E-state index in [1.165, 1.54) is 0 Å². The topological polar surface area (TPSA) is 101 Å². The molecule has 5 aromatic rings. The Hall–Kier alpha value is -3.83. The normalized spacial score (nSPS) is 17.1. The summed E-state index contributed by atoms with van der Waals surface area (Å²) in [7, 11) is 0. The summed E-state index contributed by atoms with van der Waals surface area (Å²) in [5.74, 6) is -0.522. The van der Waals surface area contributed by atoms with Gasteiger partial charge < -0.3 is 14.7 Å². The average molecular weight is 714 g/mol. The molecule has 2 aliphatic rings. The molecule has 0 radical (unpaired) electrons. The summed E-state index contributed by atoms with van der Waals surface area (Å²) in [6, 6.07) is 16.5. The Morgan fingerprint density at radius 1 is 1.06 bits per heavy atom. The average Bonchev–Trinajstić information content (AvgIpc) is 3.64. The van der Waals surface area contributed by atoms with E-state index < -0.39 is 17.7 Å². The summed E-state index contributed by atoms with van der Waals surface area (Å²) in [6.07, 6.45) is 0.898. The summed E-state index contributed by atoms with van der Waals surface area (Å²) in [6.45, 7) is 15.8. The minimum absolute atomic E-state index is 0.160. The molecule has 7 rings (SSSR count). The fourth-order valence-corrected chi connectivity index (χ4v) is 8.77. The molecule has 9 nitrogen and oxygen atoms in total. The molecule has 262 valence electrons. The number of thiazole rings is 1. The number of carboxylic acids is 1. The van der Waals surface area contributed by atoms with Crippen LogP contribution in [0.25, 0.3) is 42.8 Å². The number of carbonyl (C=O) groups excluding carboxylic acids is 1. The van der Waals surface area contributed by atoms with Crippen molar-refractivity contribution in [1.82, 2.24) is 24.6 Å². The van der Waals surface area contributed by atoms with Crippen molar-refractivity contribution in [1.29, 1.82) is 0 Å². The van der Waals surface area contributed by atoms with Crippen LogP contribution in [0.2, 0.25) is 5.02 Å². The third-order valence-electron chi connectivity index (χ3n) is 10.1. The van der Waals surface area contributed by atoms with Gasteiger partial charge in [0.25, 0.3) is 0 Å². The SMILES string of the molecule is CCn1nc(C2CCN(C3CN(C(C)=O)C3)CC2)c2cc(-c3nc4cc(C)c(C(OC(C)(C)C)C(=O)O)c(-c5ccc(Cl)cc5)c4s3)ccc21. The van der Waals surface area contributed by atoms with E-state index in [4.69, 9.17) is 26.4 Å². The summed E-state index contributed by atoms with van der Waals surface area (Å²) in [4.78, 5) is 34.1. The molecule has 50 heavy (non-hydrogen) atoms. The maximum Gasteiger partial charge on any atom is 0.337 e. The van der Waals surface area contributed by atoms with E-state index in [9.17, 15) is 14.7 Å². The molecule has 2 fully saturated rings. The molecule has 0 spiro atoms. The highest BCUT2D eigenvalue weighted by molar-refractivity contribution is 7.22. The Bertz CT molecular complexity index is 2090. The second-order valence-electron chi connectivity index (χ2n) is 14.6. The number of aromatic nitrogens is 3. The highest BCUT2D eigenvalue weighted by Crippen LogP contribution is 2.45. The van der Waals surface area contributed by atoms with Gasteiger partial charge >= 0.3 is 5.97 Å². The highest BCUT2D eigenvalue weighted by Gasteiger charge is 2.36. The Labute approximate surface area is 301 Å². The van der Waals surface area contributed by atoms with Crippen LogP contribution in [0.4, 0.5) is 0 Å². The van der Waals surface area contributed by atoms with Gasteiger partial charge in [-0.1, -0.05) is 23.7 Å². The zero-order valence-corrected chi connectivity index (χ0v) is 31.1. The zero-order chi connectivity index (χ0) is 35.5. The van der Waals surface area contributed by atoms with Gasteiger partial charge in [-0.05, 0) is 108 Å². The fraction of sp³-hybridized carbons (Fsp3) is 0.436. The molecule has 1 amide bonds. The lowest BCUT2D eigenvalue weighted by Gasteiger charge is -2.47. The van der Waals surface area contributed by atoms with Crippen molar-refractivity contribution in [3.63, 3.8) is 0 Å². The van der Waals surface area contributed by atoms with E-state index >= 15 is 0 Å². The molecule has 1 N–H and O–H groups in total. The molecule has 3 aromatic carbocycles. The molecule has 0 bridgehead atoms. The lowest BCUT2D eigenvalue weighted by Crippen LogP contribution is -2.61. The van der Waals surface area contributed by atoms with Crippen molar-refractivity contribution in [3.8, 4) is 21.7 Å². The van der Waals surface area contributed by atoms with Gasteiger partial charge in [-0.2, -0.15) is 5.10 Å². The number of amides is 1.